The van der Waals surface area contributed by atoms with Gasteiger partial charge in [-0.25, -0.2) is 4.98 Å². The van der Waals surface area contributed by atoms with Crippen molar-refractivity contribution in [2.24, 2.45) is 5.92 Å². The van der Waals surface area contributed by atoms with Crippen molar-refractivity contribution in [1.82, 2.24) is 4.98 Å². The lowest BCUT2D eigenvalue weighted by atomic mass is 10.0. The van der Waals surface area contributed by atoms with Crippen LogP contribution in [0.3, 0.4) is 0 Å². The first-order valence-electron chi connectivity index (χ1n) is 5.52. The summed E-state index contributed by atoms with van der Waals surface area (Å²) in [4.78, 5) is 14.2. The van der Waals surface area contributed by atoms with Gasteiger partial charge in [0.15, 0.2) is 0 Å². The number of halogens is 1. The number of nitro groups is 1. The van der Waals surface area contributed by atoms with Gasteiger partial charge in [-0.2, -0.15) is 0 Å². The second-order valence-electron chi connectivity index (χ2n) is 4.19. The third kappa shape index (κ3) is 3.85. The minimum absolute atomic E-state index is 0.0499. The topological polar surface area (TPSA) is 68.1 Å². The van der Waals surface area contributed by atoms with Crippen LogP contribution in [0.4, 0.5) is 11.5 Å². The van der Waals surface area contributed by atoms with Crippen LogP contribution in [0.2, 0.25) is 5.15 Å². The Balaban J connectivity index is 2.94. The Labute approximate surface area is 105 Å². The molecule has 0 aliphatic rings. The van der Waals surface area contributed by atoms with Gasteiger partial charge in [0.05, 0.1) is 17.1 Å². The zero-order valence-electron chi connectivity index (χ0n) is 10.1. The van der Waals surface area contributed by atoms with Gasteiger partial charge in [0.2, 0.25) is 0 Å². The van der Waals surface area contributed by atoms with Crippen LogP contribution in [-0.4, -0.2) is 15.9 Å². The first kappa shape index (κ1) is 13.7. The highest BCUT2D eigenvalue weighted by atomic mass is 35.5. The second-order valence-corrected chi connectivity index (χ2v) is 4.58. The molecule has 0 bridgehead atoms. The lowest BCUT2D eigenvalue weighted by Gasteiger charge is -2.21. The molecule has 6 heteroatoms. The molecule has 1 unspecified atom stereocenters. The maximum atomic E-state index is 10.7. The van der Waals surface area contributed by atoms with Gasteiger partial charge in [-0.3, -0.25) is 10.1 Å². The number of nitrogens with zero attached hydrogens (tertiary/aromatic N) is 2. The molecule has 94 valence electrons. The molecule has 0 saturated carbocycles. The monoisotopic (exact) mass is 257 g/mol. The molecular formula is C11H16ClN3O2. The minimum Gasteiger partial charge on any atom is -0.367 e. The maximum Gasteiger partial charge on any atom is 0.276 e. The number of anilines is 1. The molecule has 0 fully saturated rings. The molecule has 1 heterocycles. The number of hydrogen-bond acceptors (Lipinski definition) is 4. The summed E-state index contributed by atoms with van der Waals surface area (Å²) in [7, 11) is 0. The number of hydrogen-bond donors (Lipinski definition) is 1. The Morgan fingerprint density at radius 1 is 1.53 bits per heavy atom. The van der Waals surface area contributed by atoms with Crippen LogP contribution in [0, 0.1) is 16.0 Å². The van der Waals surface area contributed by atoms with E-state index >= 15 is 0 Å². The molecule has 0 aromatic carbocycles. The van der Waals surface area contributed by atoms with Gasteiger partial charge in [0.25, 0.3) is 5.69 Å². The SMILES string of the molecule is CCC(Nc1cc([N+](=O)[O-])cc(Cl)n1)C(C)C. The van der Waals surface area contributed by atoms with Crippen molar-refractivity contribution in [2.45, 2.75) is 33.2 Å². The number of nitrogens with one attached hydrogen (secondary N) is 1. The summed E-state index contributed by atoms with van der Waals surface area (Å²) in [5.41, 5.74) is -0.0499. The van der Waals surface area contributed by atoms with Crippen LogP contribution >= 0.6 is 11.6 Å². The Hall–Kier alpha value is -1.36. The van der Waals surface area contributed by atoms with Gasteiger partial charge >= 0.3 is 0 Å². The maximum absolute atomic E-state index is 10.7. The number of pyridine rings is 1. The summed E-state index contributed by atoms with van der Waals surface area (Å²) in [6.45, 7) is 6.22. The summed E-state index contributed by atoms with van der Waals surface area (Å²) in [5, 5.41) is 14.0. The van der Waals surface area contributed by atoms with E-state index in [1.54, 1.807) is 0 Å². The van der Waals surface area contributed by atoms with E-state index in [-0.39, 0.29) is 16.9 Å². The van der Waals surface area contributed by atoms with E-state index in [9.17, 15) is 10.1 Å². The molecule has 1 N–H and O–H groups in total. The van der Waals surface area contributed by atoms with E-state index in [1.165, 1.54) is 12.1 Å². The van der Waals surface area contributed by atoms with E-state index in [4.69, 9.17) is 11.6 Å². The van der Waals surface area contributed by atoms with E-state index < -0.39 is 4.92 Å². The van der Waals surface area contributed by atoms with E-state index in [2.05, 4.69) is 31.1 Å². The molecule has 0 aliphatic carbocycles. The fourth-order valence-corrected chi connectivity index (χ4v) is 1.80. The molecule has 1 aromatic rings. The van der Waals surface area contributed by atoms with E-state index in [0.29, 0.717) is 11.7 Å². The molecule has 0 spiro atoms. The Morgan fingerprint density at radius 3 is 2.65 bits per heavy atom. The molecule has 1 atom stereocenters. The van der Waals surface area contributed by atoms with Crippen molar-refractivity contribution in [3.8, 4) is 0 Å². The summed E-state index contributed by atoms with van der Waals surface area (Å²) < 4.78 is 0. The average molecular weight is 258 g/mol. The highest BCUT2D eigenvalue weighted by Crippen LogP contribution is 2.22. The van der Waals surface area contributed by atoms with Gasteiger partial charge in [-0.15, -0.1) is 0 Å². The van der Waals surface area contributed by atoms with E-state index in [1.807, 2.05) is 0 Å². The standard InChI is InChI=1S/C11H16ClN3O2/c1-4-9(7(2)3)13-11-6-8(15(16)17)5-10(12)14-11/h5-7,9H,4H2,1-3H3,(H,13,14). The third-order valence-electron chi connectivity index (χ3n) is 2.57. The van der Waals surface area contributed by atoms with Crippen molar-refractivity contribution >= 4 is 23.1 Å². The molecule has 1 rings (SSSR count). The molecule has 0 saturated heterocycles. The van der Waals surface area contributed by atoms with Crippen molar-refractivity contribution < 1.29 is 4.92 Å². The first-order valence-corrected chi connectivity index (χ1v) is 5.90. The Morgan fingerprint density at radius 2 is 2.18 bits per heavy atom. The highest BCUT2D eigenvalue weighted by molar-refractivity contribution is 6.29. The van der Waals surface area contributed by atoms with Crippen LogP contribution in [0.25, 0.3) is 0 Å². The van der Waals surface area contributed by atoms with Gasteiger partial charge < -0.3 is 5.32 Å². The van der Waals surface area contributed by atoms with Crippen molar-refractivity contribution in [1.29, 1.82) is 0 Å². The minimum atomic E-state index is -0.477. The van der Waals surface area contributed by atoms with Gasteiger partial charge in [-0.05, 0) is 12.3 Å². The zero-order valence-corrected chi connectivity index (χ0v) is 10.9. The summed E-state index contributed by atoms with van der Waals surface area (Å²) in [6, 6.07) is 2.86. The van der Waals surface area contributed by atoms with Crippen molar-refractivity contribution in [3.63, 3.8) is 0 Å². The van der Waals surface area contributed by atoms with Crippen LogP contribution in [0.1, 0.15) is 27.2 Å². The number of rotatable bonds is 5. The smallest absolute Gasteiger partial charge is 0.276 e. The quantitative estimate of drug-likeness (QED) is 0.498. The lowest BCUT2D eigenvalue weighted by Crippen LogP contribution is -2.25. The lowest BCUT2D eigenvalue weighted by molar-refractivity contribution is -0.384. The molecular weight excluding hydrogens is 242 g/mol. The molecule has 17 heavy (non-hydrogen) atoms. The first-order chi connectivity index (χ1) is 7.93. The van der Waals surface area contributed by atoms with Crippen molar-refractivity contribution in [3.05, 3.63) is 27.4 Å². The van der Waals surface area contributed by atoms with E-state index in [0.717, 1.165) is 6.42 Å². The zero-order chi connectivity index (χ0) is 13.0. The van der Waals surface area contributed by atoms with Crippen LogP contribution in [0.15, 0.2) is 12.1 Å². The predicted molar refractivity (Wildman–Crippen MR) is 68.4 cm³/mol. The number of aromatic nitrogens is 1. The van der Waals surface area contributed by atoms with Crippen LogP contribution in [0.5, 0.6) is 0 Å². The van der Waals surface area contributed by atoms with Crippen LogP contribution in [-0.2, 0) is 0 Å². The normalized spacial score (nSPS) is 12.5. The molecule has 5 nitrogen and oxygen atoms in total. The molecule has 0 aliphatic heterocycles. The molecule has 1 aromatic heterocycles. The Bertz CT molecular complexity index is 410. The fourth-order valence-electron chi connectivity index (χ4n) is 1.59. The fraction of sp³-hybridized carbons (Fsp3) is 0.545. The summed E-state index contributed by atoms with van der Waals surface area (Å²) in [6.07, 6.45) is 0.916. The largest absolute Gasteiger partial charge is 0.367 e. The predicted octanol–water partition coefficient (Wildman–Crippen LogP) is 3.49. The summed E-state index contributed by atoms with van der Waals surface area (Å²) in [5.74, 6) is 0.865. The van der Waals surface area contributed by atoms with Gasteiger partial charge in [0, 0.05) is 6.04 Å². The van der Waals surface area contributed by atoms with Gasteiger partial charge in [-0.1, -0.05) is 32.4 Å². The van der Waals surface area contributed by atoms with Crippen LogP contribution < -0.4 is 5.32 Å². The highest BCUT2D eigenvalue weighted by Gasteiger charge is 2.15. The van der Waals surface area contributed by atoms with Gasteiger partial charge in [0.1, 0.15) is 11.0 Å². The third-order valence-corrected chi connectivity index (χ3v) is 2.76. The Kier molecular flexibility index (Phi) is 4.69. The van der Waals surface area contributed by atoms with Crippen molar-refractivity contribution in [2.75, 3.05) is 5.32 Å². The molecule has 0 radical (unpaired) electrons. The second kappa shape index (κ2) is 5.82. The average Bonchev–Trinajstić information content (AvgIpc) is 2.24. The summed E-state index contributed by atoms with van der Waals surface area (Å²) >= 11 is 5.74. The molecule has 0 amide bonds.